The van der Waals surface area contributed by atoms with E-state index in [2.05, 4.69) is 44.4 Å². The maximum absolute atomic E-state index is 11.2. The van der Waals surface area contributed by atoms with E-state index in [-0.39, 0.29) is 6.20 Å². The van der Waals surface area contributed by atoms with Crippen molar-refractivity contribution >= 4 is 70.1 Å². The monoisotopic (exact) mass is 504 g/mol. The molecule has 0 aromatic heterocycles. The minimum atomic E-state index is -11.2. The second-order valence-electron chi connectivity index (χ2n) is 1.13. The Morgan fingerprint density at radius 2 is 0.727 bits per heavy atom. The van der Waals surface area contributed by atoms with Crippen molar-refractivity contribution in [1.29, 1.82) is 0 Å². The summed E-state index contributed by atoms with van der Waals surface area (Å²) in [6.45, 7) is 0. The van der Waals surface area contributed by atoms with Crippen molar-refractivity contribution in [1.82, 2.24) is 0 Å². The molecule has 0 aromatic carbocycles. The van der Waals surface area contributed by atoms with Gasteiger partial charge in [-0.15, -0.1) is 0 Å². The predicted molar refractivity (Wildman–Crippen MR) is 46.5 cm³/mol. The van der Waals surface area contributed by atoms with Crippen LogP contribution >= 0.6 is 44.4 Å². The van der Waals surface area contributed by atoms with Crippen molar-refractivity contribution in [2.45, 2.75) is 0 Å². The van der Waals surface area contributed by atoms with Crippen LogP contribution in [-0.2, 0) is 6.20 Å². The first-order chi connectivity index (χ1) is 4.18. The Morgan fingerprint density at radius 3 is 0.727 bits per heavy atom. The van der Waals surface area contributed by atoms with E-state index < -0.39 is 19.5 Å². The van der Waals surface area contributed by atoms with Gasteiger partial charge >= 0.3 is 36.4 Å². The molecule has 0 aliphatic heterocycles. The van der Waals surface area contributed by atoms with Crippen LogP contribution in [0.3, 0.4) is 0 Å². The van der Waals surface area contributed by atoms with Gasteiger partial charge in [0.1, 0.15) is 0 Å². The normalized spacial score (nSPS) is 18.0. The number of halogens is 9. The van der Waals surface area contributed by atoms with Crippen LogP contribution in [0.15, 0.2) is 0 Å². The molecule has 0 amide bonds. The zero-order chi connectivity index (χ0) is 9.99. The summed E-state index contributed by atoms with van der Waals surface area (Å²) in [5, 5.41) is 0. The van der Waals surface area contributed by atoms with Crippen molar-refractivity contribution in [2.24, 2.45) is 0 Å². The second-order valence-corrected chi connectivity index (χ2v) is 20.6. The van der Waals surface area contributed by atoms with Gasteiger partial charge in [-0.25, -0.2) is 0 Å². The Kier molecular flexibility index (Phi) is 5.33. The molecular formula is Br3F6SSb. The van der Waals surface area contributed by atoms with Crippen molar-refractivity contribution in [2.75, 3.05) is 0 Å². The Labute approximate surface area is 85.9 Å². The summed E-state index contributed by atoms with van der Waals surface area (Å²) >= 11 is -1.85. The van der Waals surface area contributed by atoms with Gasteiger partial charge in [-0.1, -0.05) is 0 Å². The molecule has 74 valence electrons. The molecule has 0 saturated carbocycles. The Hall–Kier alpha value is 2.19. The van der Waals surface area contributed by atoms with E-state index >= 15 is 0 Å². The molecule has 0 aliphatic carbocycles. The molecule has 11 heavy (non-hydrogen) atoms. The predicted octanol–water partition coefficient (Wildman–Crippen LogP) is 4.67. The fraction of sp³-hybridized carbons (Fsp3) is 0. The molecule has 0 heterocycles. The van der Waals surface area contributed by atoms with E-state index in [0.717, 1.165) is 0 Å². The fourth-order valence-electron chi connectivity index (χ4n) is 0. The van der Waals surface area contributed by atoms with Crippen molar-refractivity contribution in [3.8, 4) is 0 Å². The van der Waals surface area contributed by atoms with Crippen molar-refractivity contribution in [3.63, 3.8) is 0 Å². The van der Waals surface area contributed by atoms with Gasteiger partial charge in [0.25, 0.3) is 44.4 Å². The molecule has 0 fully saturated rings. The van der Waals surface area contributed by atoms with Gasteiger partial charge < -0.3 is 0 Å². The first-order valence-corrected chi connectivity index (χ1v) is 14.0. The second kappa shape index (κ2) is 3.74. The van der Waals surface area contributed by atoms with Gasteiger partial charge in [-0.3, -0.25) is 0 Å². The molecule has 0 N–H and O–H groups in total. The standard InChI is InChI=1S/Br3S.6FH.Sb/c1-4(2)3;;;;;;;/h;6*1H;/q+1;;;;;;;+5/p-6. The molecule has 0 spiro atoms. The number of hydrogen-bond acceptors (Lipinski definition) is 0. The van der Waals surface area contributed by atoms with Gasteiger partial charge in [0, 0.05) is 0 Å². The van der Waals surface area contributed by atoms with Gasteiger partial charge in [0.2, 0.25) is 6.20 Å². The summed E-state index contributed by atoms with van der Waals surface area (Å²) in [5.74, 6) is 0. The summed E-state index contributed by atoms with van der Waals surface area (Å²) in [7, 11) is 0. The molecule has 0 atom stereocenters. The first kappa shape index (κ1) is 15.7. The van der Waals surface area contributed by atoms with E-state index in [9.17, 15) is 16.9 Å². The molecule has 0 unspecified atom stereocenters. The minimum absolute atomic E-state index is 0.0764. The van der Waals surface area contributed by atoms with E-state index in [1.807, 2.05) is 0 Å². The van der Waals surface area contributed by atoms with Crippen LogP contribution in [0.1, 0.15) is 0 Å². The molecule has 0 nitrogen and oxygen atoms in total. The van der Waals surface area contributed by atoms with E-state index in [0.29, 0.717) is 0 Å². The Balaban J connectivity index is 0. The molecule has 0 saturated heterocycles. The van der Waals surface area contributed by atoms with E-state index in [1.165, 1.54) is 0 Å². The fourth-order valence-corrected chi connectivity index (χ4v) is 0. The third-order valence-electron chi connectivity index (χ3n) is 0. The van der Waals surface area contributed by atoms with Crippen LogP contribution in [0.5, 0.6) is 0 Å². The third kappa shape index (κ3) is 264. The van der Waals surface area contributed by atoms with Crippen LogP contribution in [0.2, 0.25) is 0 Å². The first-order valence-electron chi connectivity index (χ1n) is 1.48. The number of rotatable bonds is 0. The molecule has 11 heteroatoms. The average Bonchev–Trinajstić information content (AvgIpc) is 1.11. The van der Waals surface area contributed by atoms with Gasteiger partial charge in [0.15, 0.2) is 0 Å². The van der Waals surface area contributed by atoms with Crippen LogP contribution in [-0.4, -0.2) is 19.5 Å². The van der Waals surface area contributed by atoms with Crippen LogP contribution in [0.25, 0.3) is 0 Å². The third-order valence-corrected chi connectivity index (χ3v) is 0. The summed E-state index contributed by atoms with van der Waals surface area (Å²) in [6, 6.07) is 0. The van der Waals surface area contributed by atoms with Crippen molar-refractivity contribution < 1.29 is 16.9 Å². The SMILES string of the molecule is Br[S+](Br)Br.[F][Sb-]([F])([F])([F])([F])[F]. The van der Waals surface area contributed by atoms with Crippen molar-refractivity contribution in [3.05, 3.63) is 0 Å². The quantitative estimate of drug-likeness (QED) is 0.254. The molecule has 0 bridgehead atoms. The van der Waals surface area contributed by atoms with Crippen LogP contribution in [0, 0.1) is 0 Å². The Bertz CT molecular complexity index is 105. The molecule has 0 aromatic rings. The topological polar surface area (TPSA) is 0 Å². The molecule has 0 rings (SSSR count). The van der Waals surface area contributed by atoms with Crippen LogP contribution in [0.4, 0.5) is 16.9 Å². The maximum atomic E-state index is 9.93. The summed E-state index contributed by atoms with van der Waals surface area (Å²) < 4.78 is 59.6. The summed E-state index contributed by atoms with van der Waals surface area (Å²) in [5.41, 5.74) is 0. The van der Waals surface area contributed by atoms with Crippen LogP contribution < -0.4 is 0 Å². The van der Waals surface area contributed by atoms with E-state index in [4.69, 9.17) is 0 Å². The zero-order valence-corrected chi connectivity index (χ0v) is 12.4. The molecular weight excluding hydrogens is 508 g/mol. The summed E-state index contributed by atoms with van der Waals surface area (Å²) in [6.07, 6.45) is 0.0764. The summed E-state index contributed by atoms with van der Waals surface area (Å²) in [4.78, 5) is 0. The van der Waals surface area contributed by atoms with E-state index in [1.54, 1.807) is 0 Å². The zero-order valence-electron chi connectivity index (χ0n) is 4.26. The Morgan fingerprint density at radius 1 is 0.727 bits per heavy atom. The number of hydrogen-bond donors (Lipinski definition) is 0. The average molecular weight is 508 g/mol. The van der Waals surface area contributed by atoms with Gasteiger partial charge in [0.05, 0.1) is 0 Å². The van der Waals surface area contributed by atoms with Gasteiger partial charge in [-0.05, 0) is 0 Å². The molecule has 0 aliphatic rings. The molecule has 0 radical (unpaired) electrons. The van der Waals surface area contributed by atoms with Gasteiger partial charge in [-0.2, -0.15) is 0 Å².